The van der Waals surface area contributed by atoms with Gasteiger partial charge in [-0.15, -0.1) is 0 Å². The van der Waals surface area contributed by atoms with Crippen molar-refractivity contribution in [1.82, 2.24) is 14.9 Å². The molecule has 0 saturated heterocycles. The number of thioether (sulfide) groups is 1. The predicted octanol–water partition coefficient (Wildman–Crippen LogP) is 4.43. The van der Waals surface area contributed by atoms with Gasteiger partial charge in [0.15, 0.2) is 5.16 Å². The summed E-state index contributed by atoms with van der Waals surface area (Å²) in [5.74, 6) is 0.199. The van der Waals surface area contributed by atoms with Crippen molar-refractivity contribution >= 4 is 28.6 Å². The van der Waals surface area contributed by atoms with Gasteiger partial charge in [0.2, 0.25) is 5.91 Å². The fourth-order valence-corrected chi connectivity index (χ4v) is 4.18. The van der Waals surface area contributed by atoms with Crippen molar-refractivity contribution in [2.24, 2.45) is 0 Å². The van der Waals surface area contributed by atoms with Crippen LogP contribution in [0, 0.1) is 0 Å². The van der Waals surface area contributed by atoms with Crippen LogP contribution in [0.3, 0.4) is 0 Å². The SMILES string of the molecule is CCCCCCn1c(SCC(=O)NCCc2ccccc2)nc2ccccc2c1=O. The second-order valence-corrected chi connectivity index (χ2v) is 8.25. The number of amides is 1. The minimum atomic E-state index is -0.0455. The predicted molar refractivity (Wildman–Crippen MR) is 124 cm³/mol. The number of carbonyl (C=O) groups is 1. The standard InChI is InChI=1S/C24H29N3O2S/c1-2-3-4-10-17-27-23(29)20-13-8-9-14-21(20)26-24(27)30-18-22(28)25-16-15-19-11-6-5-7-12-19/h5-9,11-14H,2-4,10,15-18H2,1H3,(H,25,28). The van der Waals surface area contributed by atoms with Crippen molar-refractivity contribution < 1.29 is 4.79 Å². The van der Waals surface area contributed by atoms with E-state index in [1.54, 1.807) is 4.57 Å². The Kier molecular flexibility index (Phi) is 8.51. The number of nitrogens with zero attached hydrogens (tertiary/aromatic N) is 2. The maximum Gasteiger partial charge on any atom is 0.262 e. The lowest BCUT2D eigenvalue weighted by atomic mass is 10.1. The molecule has 0 bridgehead atoms. The van der Waals surface area contributed by atoms with Crippen molar-refractivity contribution in [2.45, 2.75) is 50.7 Å². The molecule has 0 fully saturated rings. The van der Waals surface area contributed by atoms with Crippen LogP contribution in [0.4, 0.5) is 0 Å². The van der Waals surface area contributed by atoms with E-state index in [-0.39, 0.29) is 17.2 Å². The van der Waals surface area contributed by atoms with Crippen LogP contribution >= 0.6 is 11.8 Å². The molecule has 0 radical (unpaired) electrons. The van der Waals surface area contributed by atoms with Gasteiger partial charge in [-0.2, -0.15) is 0 Å². The molecule has 1 heterocycles. The molecule has 5 nitrogen and oxygen atoms in total. The quantitative estimate of drug-likeness (QED) is 0.282. The summed E-state index contributed by atoms with van der Waals surface area (Å²) < 4.78 is 1.74. The van der Waals surface area contributed by atoms with Crippen LogP contribution in [-0.2, 0) is 17.8 Å². The minimum absolute atomic E-state index is 0.0240. The Morgan fingerprint density at radius 3 is 2.60 bits per heavy atom. The first-order valence-electron chi connectivity index (χ1n) is 10.6. The van der Waals surface area contributed by atoms with Crippen molar-refractivity contribution in [3.63, 3.8) is 0 Å². The fraction of sp³-hybridized carbons (Fsp3) is 0.375. The van der Waals surface area contributed by atoms with Crippen molar-refractivity contribution in [2.75, 3.05) is 12.3 Å². The topological polar surface area (TPSA) is 64.0 Å². The Morgan fingerprint density at radius 2 is 1.80 bits per heavy atom. The van der Waals surface area contributed by atoms with E-state index in [0.717, 1.165) is 32.1 Å². The molecule has 1 amide bonds. The molecule has 0 aliphatic carbocycles. The minimum Gasteiger partial charge on any atom is -0.355 e. The van der Waals surface area contributed by atoms with E-state index in [1.165, 1.54) is 17.3 Å². The van der Waals surface area contributed by atoms with Crippen LogP contribution in [-0.4, -0.2) is 27.8 Å². The number of hydrogen-bond acceptors (Lipinski definition) is 4. The van der Waals surface area contributed by atoms with Crippen LogP contribution in [0.25, 0.3) is 10.9 Å². The second kappa shape index (κ2) is 11.6. The van der Waals surface area contributed by atoms with Crippen LogP contribution in [0.15, 0.2) is 64.5 Å². The molecule has 0 atom stereocenters. The molecule has 0 aliphatic heterocycles. The Labute approximate surface area is 181 Å². The Morgan fingerprint density at radius 1 is 1.03 bits per heavy atom. The van der Waals surface area contributed by atoms with Crippen LogP contribution in [0.2, 0.25) is 0 Å². The lowest BCUT2D eigenvalue weighted by Crippen LogP contribution is -2.28. The number of rotatable bonds is 11. The third-order valence-corrected chi connectivity index (χ3v) is 5.95. The first-order valence-corrected chi connectivity index (χ1v) is 11.6. The van der Waals surface area contributed by atoms with Gasteiger partial charge in [-0.1, -0.05) is 80.4 Å². The maximum absolute atomic E-state index is 13.0. The number of benzene rings is 2. The molecule has 3 rings (SSSR count). The first kappa shape index (κ1) is 22.1. The molecule has 0 spiro atoms. The number of fused-ring (bicyclic) bond motifs is 1. The maximum atomic E-state index is 13.0. The van der Waals surface area contributed by atoms with Crippen molar-refractivity contribution in [3.05, 3.63) is 70.5 Å². The van der Waals surface area contributed by atoms with Gasteiger partial charge in [-0.3, -0.25) is 14.2 Å². The number of unbranched alkanes of at least 4 members (excludes halogenated alkanes) is 3. The van der Waals surface area contributed by atoms with Gasteiger partial charge < -0.3 is 5.32 Å². The number of nitrogens with one attached hydrogen (secondary N) is 1. The van der Waals surface area contributed by atoms with Crippen LogP contribution in [0.1, 0.15) is 38.2 Å². The molecular weight excluding hydrogens is 394 g/mol. The first-order chi connectivity index (χ1) is 14.7. The molecule has 2 aromatic carbocycles. The molecular formula is C24H29N3O2S. The molecule has 6 heteroatoms. The highest BCUT2D eigenvalue weighted by molar-refractivity contribution is 7.99. The highest BCUT2D eigenvalue weighted by Gasteiger charge is 2.13. The van der Waals surface area contributed by atoms with E-state index in [1.807, 2.05) is 42.5 Å². The zero-order valence-corrected chi connectivity index (χ0v) is 18.3. The largest absolute Gasteiger partial charge is 0.355 e. The van der Waals surface area contributed by atoms with Gasteiger partial charge in [-0.05, 0) is 30.5 Å². The highest BCUT2D eigenvalue weighted by Crippen LogP contribution is 2.18. The Hall–Kier alpha value is -2.60. The van der Waals surface area contributed by atoms with E-state index in [9.17, 15) is 9.59 Å². The fourth-order valence-electron chi connectivity index (χ4n) is 3.32. The Balaban J connectivity index is 1.64. The van der Waals surface area contributed by atoms with Crippen molar-refractivity contribution in [1.29, 1.82) is 0 Å². The van der Waals surface area contributed by atoms with E-state index in [0.29, 0.717) is 29.1 Å². The summed E-state index contributed by atoms with van der Waals surface area (Å²) >= 11 is 1.33. The van der Waals surface area contributed by atoms with Gasteiger partial charge in [0.05, 0.1) is 16.7 Å². The van der Waals surface area contributed by atoms with E-state index >= 15 is 0 Å². The summed E-state index contributed by atoms with van der Waals surface area (Å²) in [7, 11) is 0. The summed E-state index contributed by atoms with van der Waals surface area (Å²) in [6, 6.07) is 17.5. The number of carbonyl (C=O) groups excluding carboxylic acids is 1. The molecule has 30 heavy (non-hydrogen) atoms. The van der Waals surface area contributed by atoms with E-state index in [4.69, 9.17) is 0 Å². The molecule has 0 unspecified atom stereocenters. The average molecular weight is 424 g/mol. The summed E-state index contributed by atoms with van der Waals surface area (Å²) in [5.41, 5.74) is 1.85. The van der Waals surface area contributed by atoms with Crippen molar-refractivity contribution in [3.8, 4) is 0 Å². The normalized spacial score (nSPS) is 11.0. The average Bonchev–Trinajstić information content (AvgIpc) is 2.77. The summed E-state index contributed by atoms with van der Waals surface area (Å²) in [6.07, 6.45) is 5.12. The zero-order valence-electron chi connectivity index (χ0n) is 17.5. The zero-order chi connectivity index (χ0) is 21.2. The van der Waals surface area contributed by atoms with Crippen LogP contribution < -0.4 is 10.9 Å². The molecule has 0 saturated carbocycles. The number of para-hydroxylation sites is 1. The molecule has 1 N–H and O–H groups in total. The summed E-state index contributed by atoms with van der Waals surface area (Å²) in [5, 5.41) is 4.21. The van der Waals surface area contributed by atoms with E-state index in [2.05, 4.69) is 29.4 Å². The third-order valence-electron chi connectivity index (χ3n) is 4.97. The molecule has 158 valence electrons. The van der Waals surface area contributed by atoms with Crippen LogP contribution in [0.5, 0.6) is 0 Å². The monoisotopic (exact) mass is 423 g/mol. The third kappa shape index (κ3) is 6.20. The molecule has 1 aromatic heterocycles. The van der Waals surface area contributed by atoms with Gasteiger partial charge >= 0.3 is 0 Å². The summed E-state index contributed by atoms with van der Waals surface area (Å²) in [4.78, 5) is 30.0. The number of hydrogen-bond donors (Lipinski definition) is 1. The lowest BCUT2D eigenvalue weighted by molar-refractivity contribution is -0.118. The smallest absolute Gasteiger partial charge is 0.262 e. The van der Waals surface area contributed by atoms with Gasteiger partial charge in [0, 0.05) is 13.1 Å². The van der Waals surface area contributed by atoms with Gasteiger partial charge in [-0.25, -0.2) is 4.98 Å². The highest BCUT2D eigenvalue weighted by atomic mass is 32.2. The molecule has 3 aromatic rings. The van der Waals surface area contributed by atoms with Gasteiger partial charge in [0.1, 0.15) is 0 Å². The second-order valence-electron chi connectivity index (χ2n) is 7.30. The lowest BCUT2D eigenvalue weighted by Gasteiger charge is -2.13. The van der Waals surface area contributed by atoms with E-state index < -0.39 is 0 Å². The summed E-state index contributed by atoms with van der Waals surface area (Å²) in [6.45, 7) is 3.40. The Bertz CT molecular complexity index is 1020. The molecule has 0 aliphatic rings. The number of aromatic nitrogens is 2. The van der Waals surface area contributed by atoms with Gasteiger partial charge in [0.25, 0.3) is 5.56 Å².